The monoisotopic (exact) mass is 463 g/mol. The van der Waals surface area contributed by atoms with E-state index in [0.717, 1.165) is 27.8 Å². The summed E-state index contributed by atoms with van der Waals surface area (Å²) in [5, 5.41) is 20.5. The zero-order valence-corrected chi connectivity index (χ0v) is 20.1. The molecule has 1 unspecified atom stereocenters. The van der Waals surface area contributed by atoms with Crippen molar-refractivity contribution in [3.63, 3.8) is 0 Å². The predicted molar refractivity (Wildman–Crippen MR) is 155 cm³/mol. The molecule has 0 spiro atoms. The molecule has 3 N–H and O–H groups in total. The van der Waals surface area contributed by atoms with Crippen LogP contribution in [-0.4, -0.2) is 19.8 Å². The summed E-state index contributed by atoms with van der Waals surface area (Å²) in [5.74, 6) is 0.391. The number of amidine groups is 1. The van der Waals surface area contributed by atoms with Crippen LogP contribution in [0.2, 0.25) is 0 Å². The quantitative estimate of drug-likeness (QED) is 0.195. The predicted octanol–water partition coefficient (Wildman–Crippen LogP) is 5.22. The normalized spacial score (nSPS) is 15.2. The van der Waals surface area contributed by atoms with Crippen LogP contribution in [0.15, 0.2) is 121 Å². The van der Waals surface area contributed by atoms with E-state index in [9.17, 15) is 0 Å². The molecule has 0 bridgehead atoms. The maximum absolute atomic E-state index is 8.73. The van der Waals surface area contributed by atoms with Gasteiger partial charge in [0.25, 0.3) is 0 Å². The lowest BCUT2D eigenvalue weighted by atomic mass is 9.92. The number of hydrogen-bond acceptors (Lipinski definition) is 2. The van der Waals surface area contributed by atoms with E-state index in [1.54, 1.807) is 0 Å². The third-order valence-electron chi connectivity index (χ3n) is 6.82. The van der Waals surface area contributed by atoms with Gasteiger partial charge < -0.3 is 10.6 Å². The van der Waals surface area contributed by atoms with E-state index < -0.39 is 0 Å². The van der Waals surface area contributed by atoms with Crippen molar-refractivity contribution >= 4 is 51.8 Å². The van der Waals surface area contributed by atoms with Gasteiger partial charge in [-0.2, -0.15) is 0 Å². The molecule has 0 saturated heterocycles. The molecule has 5 aromatic rings. The fourth-order valence-electron chi connectivity index (χ4n) is 4.78. The van der Waals surface area contributed by atoms with Crippen LogP contribution in [0.3, 0.4) is 0 Å². The molecule has 0 aliphatic carbocycles. The van der Waals surface area contributed by atoms with E-state index in [0.29, 0.717) is 5.84 Å². The first-order valence-corrected chi connectivity index (χ1v) is 12.2. The van der Waals surface area contributed by atoms with Gasteiger partial charge in [0.15, 0.2) is 0 Å². The molecule has 1 heterocycles. The maximum Gasteiger partial charge on any atom is 0.139 e. The number of dihydropyridines is 1. The molecule has 5 aromatic carbocycles. The SMILES string of the molecule is Bc1ccc(C(=N)NC2NC=C(c3ccc4ccccc4c3)C=C2c2ccc3ccccc3c2)cc1. The number of hydrogen-bond donors (Lipinski definition) is 3. The van der Waals surface area contributed by atoms with Crippen molar-refractivity contribution in [3.8, 4) is 0 Å². The summed E-state index contributed by atoms with van der Waals surface area (Å²) in [4.78, 5) is 0. The molecule has 4 heteroatoms. The highest BCUT2D eigenvalue weighted by molar-refractivity contribution is 6.32. The van der Waals surface area contributed by atoms with Gasteiger partial charge in [-0.05, 0) is 56.5 Å². The molecule has 6 rings (SSSR count). The molecule has 1 atom stereocenters. The molecule has 0 amide bonds. The number of benzene rings is 5. The van der Waals surface area contributed by atoms with Gasteiger partial charge in [0.2, 0.25) is 0 Å². The highest BCUT2D eigenvalue weighted by Gasteiger charge is 2.21. The molecular weight excluding hydrogens is 437 g/mol. The van der Waals surface area contributed by atoms with Gasteiger partial charge in [0, 0.05) is 17.3 Å². The molecule has 36 heavy (non-hydrogen) atoms. The number of fused-ring (bicyclic) bond motifs is 2. The molecule has 172 valence electrons. The Labute approximate surface area is 212 Å². The molecule has 1 aliphatic heterocycles. The van der Waals surface area contributed by atoms with Crippen molar-refractivity contribution in [3.05, 3.63) is 138 Å². The fourth-order valence-corrected chi connectivity index (χ4v) is 4.78. The van der Waals surface area contributed by atoms with Crippen LogP contribution in [0.4, 0.5) is 0 Å². The van der Waals surface area contributed by atoms with E-state index in [1.807, 2.05) is 24.3 Å². The van der Waals surface area contributed by atoms with Gasteiger partial charge >= 0.3 is 0 Å². The molecule has 0 radical (unpaired) electrons. The van der Waals surface area contributed by atoms with Crippen molar-refractivity contribution in [1.82, 2.24) is 10.6 Å². The minimum atomic E-state index is -0.232. The second kappa shape index (κ2) is 9.24. The van der Waals surface area contributed by atoms with Gasteiger partial charge in [-0.15, -0.1) is 0 Å². The Morgan fingerprint density at radius 2 is 1.28 bits per heavy atom. The summed E-state index contributed by atoms with van der Waals surface area (Å²) in [6, 6.07) is 38.1. The minimum absolute atomic E-state index is 0.232. The standard InChI is InChI=1S/C32H26BN3/c33-29-15-13-23(14-16-29)31(34)36-32-30(27-12-10-22-6-2-4-8-25(22)18-27)19-28(20-35-32)26-11-9-21-5-1-3-7-24(21)17-26/h1-20,32,35H,33H2,(H2,34,36). The first-order valence-electron chi connectivity index (χ1n) is 12.2. The van der Waals surface area contributed by atoms with Gasteiger partial charge in [-0.25, -0.2) is 0 Å². The Bertz CT molecular complexity index is 1660. The number of allylic oxidation sites excluding steroid dienone is 2. The largest absolute Gasteiger partial charge is 0.367 e. The topological polar surface area (TPSA) is 47.9 Å². The third kappa shape index (κ3) is 4.30. The van der Waals surface area contributed by atoms with Crippen LogP contribution in [-0.2, 0) is 0 Å². The molecule has 0 fully saturated rings. The molecule has 0 aromatic heterocycles. The number of rotatable bonds is 4. The van der Waals surface area contributed by atoms with Crippen LogP contribution >= 0.6 is 0 Å². The number of nitrogens with one attached hydrogen (secondary N) is 3. The lowest BCUT2D eigenvalue weighted by Gasteiger charge is -2.28. The van der Waals surface area contributed by atoms with Gasteiger partial charge in [-0.3, -0.25) is 5.41 Å². The third-order valence-corrected chi connectivity index (χ3v) is 6.82. The first kappa shape index (κ1) is 21.9. The Balaban J connectivity index is 1.39. The Kier molecular flexibility index (Phi) is 5.63. The van der Waals surface area contributed by atoms with E-state index >= 15 is 0 Å². The van der Waals surface area contributed by atoms with Crippen molar-refractivity contribution in [2.45, 2.75) is 6.17 Å². The summed E-state index contributed by atoms with van der Waals surface area (Å²) in [6.07, 6.45) is 4.06. The van der Waals surface area contributed by atoms with E-state index in [-0.39, 0.29) is 6.17 Å². The molecule has 3 nitrogen and oxygen atoms in total. The van der Waals surface area contributed by atoms with Crippen molar-refractivity contribution < 1.29 is 0 Å². The summed E-state index contributed by atoms with van der Waals surface area (Å²) in [5.41, 5.74) is 6.55. The lowest BCUT2D eigenvalue weighted by Crippen LogP contribution is -2.45. The van der Waals surface area contributed by atoms with E-state index in [2.05, 4.69) is 116 Å². The Morgan fingerprint density at radius 3 is 1.94 bits per heavy atom. The zero-order valence-electron chi connectivity index (χ0n) is 20.1. The highest BCUT2D eigenvalue weighted by atomic mass is 15.1. The van der Waals surface area contributed by atoms with Crippen LogP contribution in [0.5, 0.6) is 0 Å². The van der Waals surface area contributed by atoms with Crippen molar-refractivity contribution in [2.75, 3.05) is 0 Å². The second-order valence-corrected chi connectivity index (χ2v) is 9.31. The average molecular weight is 463 g/mol. The van der Waals surface area contributed by atoms with Crippen LogP contribution in [0, 0.1) is 5.41 Å². The van der Waals surface area contributed by atoms with Gasteiger partial charge in [-0.1, -0.05) is 103 Å². The van der Waals surface area contributed by atoms with Gasteiger partial charge in [0.1, 0.15) is 19.8 Å². The first-order chi connectivity index (χ1) is 17.6. The van der Waals surface area contributed by atoms with Crippen LogP contribution < -0.4 is 16.1 Å². The minimum Gasteiger partial charge on any atom is -0.367 e. The Hall–Kier alpha value is -4.57. The molecule has 1 aliphatic rings. The van der Waals surface area contributed by atoms with Crippen molar-refractivity contribution in [1.29, 1.82) is 5.41 Å². The summed E-state index contributed by atoms with van der Waals surface area (Å²) < 4.78 is 0. The molecular formula is C32H26BN3. The van der Waals surface area contributed by atoms with Crippen LogP contribution in [0.1, 0.15) is 16.7 Å². The summed E-state index contributed by atoms with van der Waals surface area (Å²) in [7, 11) is 2.06. The van der Waals surface area contributed by atoms with E-state index in [4.69, 9.17) is 5.41 Å². The smallest absolute Gasteiger partial charge is 0.139 e. The lowest BCUT2D eigenvalue weighted by molar-refractivity contribution is 0.672. The average Bonchev–Trinajstić information content (AvgIpc) is 2.93. The van der Waals surface area contributed by atoms with Crippen molar-refractivity contribution in [2.24, 2.45) is 0 Å². The summed E-state index contributed by atoms with van der Waals surface area (Å²) >= 11 is 0. The zero-order chi connectivity index (χ0) is 24.5. The van der Waals surface area contributed by atoms with E-state index in [1.165, 1.54) is 27.0 Å². The summed E-state index contributed by atoms with van der Waals surface area (Å²) in [6.45, 7) is 0. The van der Waals surface area contributed by atoms with Gasteiger partial charge in [0.05, 0.1) is 0 Å². The second-order valence-electron chi connectivity index (χ2n) is 9.31. The van der Waals surface area contributed by atoms with Crippen LogP contribution in [0.25, 0.3) is 32.7 Å². The highest BCUT2D eigenvalue weighted by Crippen LogP contribution is 2.31. The maximum atomic E-state index is 8.73. The fraction of sp³-hybridized carbons (Fsp3) is 0.0312. The molecule has 0 saturated carbocycles. The Morgan fingerprint density at radius 1 is 0.694 bits per heavy atom.